The molecule has 1 N–H and O–H groups in total. The van der Waals surface area contributed by atoms with E-state index in [0.717, 1.165) is 11.1 Å². The molecule has 1 amide bonds. The summed E-state index contributed by atoms with van der Waals surface area (Å²) in [7, 11) is 1.72. The fourth-order valence-electron chi connectivity index (χ4n) is 1.94. The van der Waals surface area contributed by atoms with Gasteiger partial charge in [-0.05, 0) is 42.3 Å². The molecule has 0 bridgehead atoms. The third kappa shape index (κ3) is 3.31. The van der Waals surface area contributed by atoms with Gasteiger partial charge in [-0.25, -0.2) is 0 Å². The van der Waals surface area contributed by atoms with E-state index in [9.17, 15) is 9.90 Å². The minimum absolute atomic E-state index is 0.131. The molecular weight excluding hydrogens is 274 g/mol. The fourth-order valence-corrected chi connectivity index (χ4v) is 2.16. The number of aromatic hydroxyl groups is 1. The lowest BCUT2D eigenvalue weighted by atomic mass is 10.1. The summed E-state index contributed by atoms with van der Waals surface area (Å²) in [6.07, 6.45) is 0. The maximum Gasteiger partial charge on any atom is 0.254 e. The second kappa shape index (κ2) is 5.97. The van der Waals surface area contributed by atoms with E-state index in [4.69, 9.17) is 11.6 Å². The Morgan fingerprint density at radius 1 is 1.25 bits per heavy atom. The molecule has 0 radical (unpaired) electrons. The van der Waals surface area contributed by atoms with Crippen molar-refractivity contribution in [2.24, 2.45) is 0 Å². The van der Waals surface area contributed by atoms with Crippen molar-refractivity contribution >= 4 is 17.5 Å². The van der Waals surface area contributed by atoms with E-state index in [-0.39, 0.29) is 11.7 Å². The topological polar surface area (TPSA) is 40.5 Å². The van der Waals surface area contributed by atoms with Crippen molar-refractivity contribution in [2.45, 2.75) is 13.5 Å². The van der Waals surface area contributed by atoms with Crippen molar-refractivity contribution in [1.29, 1.82) is 0 Å². The van der Waals surface area contributed by atoms with Gasteiger partial charge in [0.25, 0.3) is 5.91 Å². The second-order valence-electron chi connectivity index (χ2n) is 4.79. The summed E-state index contributed by atoms with van der Waals surface area (Å²) in [4.78, 5) is 13.9. The molecule has 0 spiro atoms. The van der Waals surface area contributed by atoms with Crippen LogP contribution in [0.2, 0.25) is 5.02 Å². The Hall–Kier alpha value is -2.00. The number of nitrogens with zero attached hydrogens (tertiary/aromatic N) is 1. The lowest BCUT2D eigenvalue weighted by Gasteiger charge is -2.18. The number of benzene rings is 2. The number of rotatable bonds is 3. The molecule has 0 saturated heterocycles. The fraction of sp³-hybridized carbons (Fsp3) is 0.188. The predicted octanol–water partition coefficient (Wildman–Crippen LogP) is 3.63. The first-order valence-corrected chi connectivity index (χ1v) is 6.64. The zero-order chi connectivity index (χ0) is 14.7. The minimum atomic E-state index is -0.139. The average Bonchev–Trinajstić information content (AvgIpc) is 2.41. The molecule has 20 heavy (non-hydrogen) atoms. The molecule has 0 saturated carbocycles. The van der Waals surface area contributed by atoms with E-state index < -0.39 is 0 Å². The molecule has 0 aliphatic rings. The van der Waals surface area contributed by atoms with Crippen LogP contribution in [0.25, 0.3) is 0 Å². The normalized spacial score (nSPS) is 10.3. The van der Waals surface area contributed by atoms with Crippen LogP contribution in [0.15, 0.2) is 42.5 Å². The number of carbonyl (C=O) groups is 1. The Labute approximate surface area is 123 Å². The molecular formula is C16H16ClNO2. The Morgan fingerprint density at radius 3 is 2.65 bits per heavy atom. The molecule has 4 heteroatoms. The monoisotopic (exact) mass is 289 g/mol. The lowest BCUT2D eigenvalue weighted by molar-refractivity contribution is 0.0784. The van der Waals surface area contributed by atoms with Crippen molar-refractivity contribution in [2.75, 3.05) is 7.05 Å². The van der Waals surface area contributed by atoms with E-state index in [1.165, 1.54) is 6.07 Å². The Balaban J connectivity index is 2.14. The highest BCUT2D eigenvalue weighted by Crippen LogP contribution is 2.19. The van der Waals surface area contributed by atoms with E-state index in [1.807, 2.05) is 18.2 Å². The molecule has 0 aliphatic carbocycles. The van der Waals surface area contributed by atoms with Crippen LogP contribution in [0.3, 0.4) is 0 Å². The van der Waals surface area contributed by atoms with Crippen LogP contribution >= 0.6 is 11.6 Å². The van der Waals surface area contributed by atoms with E-state index >= 15 is 0 Å². The quantitative estimate of drug-likeness (QED) is 0.937. The van der Waals surface area contributed by atoms with Gasteiger partial charge in [0.1, 0.15) is 5.75 Å². The molecule has 0 atom stereocenters. The van der Waals surface area contributed by atoms with Gasteiger partial charge < -0.3 is 10.0 Å². The van der Waals surface area contributed by atoms with Crippen LogP contribution in [0.4, 0.5) is 0 Å². The maximum absolute atomic E-state index is 12.3. The third-order valence-corrected chi connectivity index (χ3v) is 3.35. The van der Waals surface area contributed by atoms with Crippen molar-refractivity contribution in [3.8, 4) is 5.75 Å². The summed E-state index contributed by atoms with van der Waals surface area (Å²) >= 11 is 5.93. The van der Waals surface area contributed by atoms with Gasteiger partial charge in [-0.2, -0.15) is 0 Å². The largest absolute Gasteiger partial charge is 0.508 e. The first-order valence-electron chi connectivity index (χ1n) is 6.27. The molecule has 2 aromatic rings. The van der Waals surface area contributed by atoms with E-state index in [0.29, 0.717) is 17.1 Å². The zero-order valence-corrected chi connectivity index (χ0v) is 12.2. The first-order chi connectivity index (χ1) is 9.47. The van der Waals surface area contributed by atoms with Crippen molar-refractivity contribution in [3.63, 3.8) is 0 Å². The van der Waals surface area contributed by atoms with Crippen LogP contribution in [0, 0.1) is 6.92 Å². The predicted molar refractivity (Wildman–Crippen MR) is 80.1 cm³/mol. The van der Waals surface area contributed by atoms with Gasteiger partial charge in [-0.1, -0.05) is 29.8 Å². The second-order valence-corrected chi connectivity index (χ2v) is 5.23. The molecule has 0 aliphatic heterocycles. The van der Waals surface area contributed by atoms with Gasteiger partial charge in [0.15, 0.2) is 0 Å². The number of carbonyl (C=O) groups excluding carboxylic acids is 1. The molecule has 0 aromatic heterocycles. The van der Waals surface area contributed by atoms with Gasteiger partial charge >= 0.3 is 0 Å². The molecule has 0 heterocycles. The first kappa shape index (κ1) is 14.4. The lowest BCUT2D eigenvalue weighted by Crippen LogP contribution is -2.26. The van der Waals surface area contributed by atoms with E-state index in [1.54, 1.807) is 37.1 Å². The Kier molecular flexibility index (Phi) is 4.30. The molecule has 0 fully saturated rings. The number of phenolic OH excluding ortho intramolecular Hbond substituents is 1. The van der Waals surface area contributed by atoms with Gasteiger partial charge in [-0.3, -0.25) is 4.79 Å². The SMILES string of the molecule is Cc1ccc(C(=O)N(C)Cc2cccc(Cl)c2)cc1O. The van der Waals surface area contributed by atoms with Gasteiger partial charge in [0.05, 0.1) is 0 Å². The summed E-state index contributed by atoms with van der Waals surface area (Å²) < 4.78 is 0. The minimum Gasteiger partial charge on any atom is -0.508 e. The highest BCUT2D eigenvalue weighted by Gasteiger charge is 2.13. The average molecular weight is 290 g/mol. The van der Waals surface area contributed by atoms with Crippen LogP contribution in [-0.2, 0) is 6.54 Å². The van der Waals surface area contributed by atoms with Crippen molar-refractivity contribution in [3.05, 3.63) is 64.2 Å². The summed E-state index contributed by atoms with van der Waals surface area (Å²) in [5, 5.41) is 10.3. The van der Waals surface area contributed by atoms with Crippen LogP contribution in [0.5, 0.6) is 5.75 Å². The molecule has 0 unspecified atom stereocenters. The number of phenols is 1. The highest BCUT2D eigenvalue weighted by atomic mass is 35.5. The zero-order valence-electron chi connectivity index (χ0n) is 11.4. The Morgan fingerprint density at radius 2 is 2.00 bits per heavy atom. The molecule has 2 aromatic carbocycles. The van der Waals surface area contributed by atoms with Crippen molar-refractivity contribution < 1.29 is 9.90 Å². The van der Waals surface area contributed by atoms with Crippen LogP contribution < -0.4 is 0 Å². The van der Waals surface area contributed by atoms with Crippen LogP contribution in [-0.4, -0.2) is 23.0 Å². The molecule has 2 rings (SSSR count). The third-order valence-electron chi connectivity index (χ3n) is 3.11. The molecule has 3 nitrogen and oxygen atoms in total. The van der Waals surface area contributed by atoms with Crippen LogP contribution in [0.1, 0.15) is 21.5 Å². The smallest absolute Gasteiger partial charge is 0.254 e. The van der Waals surface area contributed by atoms with E-state index in [2.05, 4.69) is 0 Å². The number of hydrogen-bond donors (Lipinski definition) is 1. The maximum atomic E-state index is 12.3. The Bertz CT molecular complexity index is 640. The summed E-state index contributed by atoms with van der Waals surface area (Å²) in [6.45, 7) is 2.26. The highest BCUT2D eigenvalue weighted by molar-refractivity contribution is 6.30. The summed E-state index contributed by atoms with van der Waals surface area (Å²) in [5.41, 5.74) is 2.18. The summed E-state index contributed by atoms with van der Waals surface area (Å²) in [6, 6.07) is 12.3. The van der Waals surface area contributed by atoms with Gasteiger partial charge in [0.2, 0.25) is 0 Å². The number of halogens is 1. The van der Waals surface area contributed by atoms with Crippen molar-refractivity contribution in [1.82, 2.24) is 4.90 Å². The van der Waals surface area contributed by atoms with Gasteiger partial charge in [0, 0.05) is 24.2 Å². The number of aryl methyl sites for hydroxylation is 1. The standard InChI is InChI=1S/C16H16ClNO2/c1-11-6-7-13(9-15(11)19)16(20)18(2)10-12-4-3-5-14(17)8-12/h3-9,19H,10H2,1-2H3. The number of hydrogen-bond acceptors (Lipinski definition) is 2. The number of amides is 1. The van der Waals surface area contributed by atoms with Gasteiger partial charge in [-0.15, -0.1) is 0 Å². The summed E-state index contributed by atoms with van der Waals surface area (Å²) in [5.74, 6) is -0.00715. The molecule has 104 valence electrons.